The van der Waals surface area contributed by atoms with E-state index in [0.717, 1.165) is 16.5 Å². The van der Waals surface area contributed by atoms with Gasteiger partial charge in [-0.1, -0.05) is 53.0 Å². The first-order valence-corrected chi connectivity index (χ1v) is 9.96. The van der Waals surface area contributed by atoms with Crippen molar-refractivity contribution in [1.29, 1.82) is 0 Å². The highest BCUT2D eigenvalue weighted by Crippen LogP contribution is 2.31. The van der Waals surface area contributed by atoms with Gasteiger partial charge in [-0.3, -0.25) is 0 Å². The lowest BCUT2D eigenvalue weighted by atomic mass is 10.00. The Labute approximate surface area is 182 Å². The van der Waals surface area contributed by atoms with Gasteiger partial charge in [0.2, 0.25) is 0 Å². The molecule has 3 nitrogen and oxygen atoms in total. The van der Waals surface area contributed by atoms with Crippen LogP contribution in [-0.4, -0.2) is 0 Å². The molecule has 0 bridgehead atoms. The van der Waals surface area contributed by atoms with Gasteiger partial charge in [0.05, 0.1) is 5.56 Å². The second kappa shape index (κ2) is 8.11. The molecule has 6 heteroatoms. The molecule has 0 aliphatic heterocycles. The van der Waals surface area contributed by atoms with Gasteiger partial charge in [-0.25, -0.2) is 4.79 Å². The first-order chi connectivity index (χ1) is 13.9. The van der Waals surface area contributed by atoms with Crippen LogP contribution in [-0.2, 0) is 6.61 Å². The van der Waals surface area contributed by atoms with E-state index in [1.807, 2.05) is 19.1 Å². The van der Waals surface area contributed by atoms with Gasteiger partial charge >= 0.3 is 5.63 Å². The van der Waals surface area contributed by atoms with Crippen molar-refractivity contribution in [1.82, 2.24) is 0 Å². The van der Waals surface area contributed by atoms with Gasteiger partial charge in [0.25, 0.3) is 0 Å². The monoisotopic (exact) mass is 444 g/mol. The molecule has 0 fully saturated rings. The summed E-state index contributed by atoms with van der Waals surface area (Å²) in [5.74, 6) is 0.551. The summed E-state index contributed by atoms with van der Waals surface area (Å²) in [7, 11) is 0. The van der Waals surface area contributed by atoms with E-state index in [1.165, 1.54) is 0 Å². The van der Waals surface area contributed by atoms with E-state index in [9.17, 15) is 4.79 Å². The standard InChI is InChI=1S/C23H15Cl3O3/c1-13-17-10-9-16(28-12-18-19(25)3-2-4-20(18)26)11-21(17)29-23(27)22(13)14-5-7-15(24)8-6-14/h2-11H,12H2,1H3. The molecule has 0 atom stereocenters. The molecule has 0 radical (unpaired) electrons. The third kappa shape index (κ3) is 3.99. The zero-order chi connectivity index (χ0) is 20.5. The van der Waals surface area contributed by atoms with Crippen molar-refractivity contribution in [2.45, 2.75) is 13.5 Å². The van der Waals surface area contributed by atoms with Crippen molar-refractivity contribution < 1.29 is 9.15 Å². The first kappa shape index (κ1) is 19.8. The van der Waals surface area contributed by atoms with E-state index < -0.39 is 5.63 Å². The maximum atomic E-state index is 12.6. The molecule has 0 unspecified atom stereocenters. The fourth-order valence-corrected chi connectivity index (χ4v) is 3.83. The Morgan fingerprint density at radius 1 is 0.931 bits per heavy atom. The summed E-state index contributed by atoms with van der Waals surface area (Å²) in [5.41, 5.74) is 2.85. The van der Waals surface area contributed by atoms with Crippen molar-refractivity contribution in [2.75, 3.05) is 0 Å². The third-order valence-electron chi connectivity index (χ3n) is 4.72. The third-order valence-corrected chi connectivity index (χ3v) is 5.68. The second-order valence-corrected chi connectivity index (χ2v) is 7.79. The van der Waals surface area contributed by atoms with E-state index >= 15 is 0 Å². The van der Waals surface area contributed by atoms with Crippen LogP contribution >= 0.6 is 34.8 Å². The van der Waals surface area contributed by atoms with Gasteiger partial charge in [0.1, 0.15) is 17.9 Å². The van der Waals surface area contributed by atoms with E-state index in [2.05, 4.69) is 0 Å². The van der Waals surface area contributed by atoms with Gasteiger partial charge in [-0.05, 0) is 54.4 Å². The van der Waals surface area contributed by atoms with E-state index in [4.69, 9.17) is 44.0 Å². The molecule has 0 N–H and O–H groups in total. The summed E-state index contributed by atoms with van der Waals surface area (Å²) in [5, 5.41) is 2.51. The summed E-state index contributed by atoms with van der Waals surface area (Å²) < 4.78 is 11.4. The highest BCUT2D eigenvalue weighted by atomic mass is 35.5. The molecule has 4 rings (SSSR count). The molecule has 3 aromatic carbocycles. The lowest BCUT2D eigenvalue weighted by Gasteiger charge is -2.12. The van der Waals surface area contributed by atoms with Gasteiger partial charge in [0.15, 0.2) is 0 Å². The lowest BCUT2D eigenvalue weighted by Crippen LogP contribution is -2.06. The maximum Gasteiger partial charge on any atom is 0.344 e. The average Bonchev–Trinajstić information content (AvgIpc) is 2.69. The first-order valence-electron chi connectivity index (χ1n) is 8.83. The van der Waals surface area contributed by atoms with Crippen LogP contribution in [0.2, 0.25) is 15.1 Å². The number of benzene rings is 3. The van der Waals surface area contributed by atoms with Crippen molar-refractivity contribution >= 4 is 45.8 Å². The minimum atomic E-state index is -0.413. The SMILES string of the molecule is Cc1c(-c2ccc(Cl)cc2)c(=O)oc2cc(OCc3c(Cl)cccc3Cl)ccc12. The molecular weight excluding hydrogens is 431 g/mol. The Bertz CT molecular complexity index is 1240. The van der Waals surface area contributed by atoms with Crippen LogP contribution in [0.5, 0.6) is 5.75 Å². The summed E-state index contributed by atoms with van der Waals surface area (Å²) >= 11 is 18.3. The topological polar surface area (TPSA) is 39.4 Å². The van der Waals surface area contributed by atoms with Crippen LogP contribution in [0.4, 0.5) is 0 Å². The fourth-order valence-electron chi connectivity index (χ4n) is 3.20. The molecule has 0 spiro atoms. The van der Waals surface area contributed by atoms with E-state index in [1.54, 1.807) is 48.5 Å². The molecule has 29 heavy (non-hydrogen) atoms. The number of ether oxygens (including phenoxy) is 1. The van der Waals surface area contributed by atoms with Crippen LogP contribution in [0, 0.1) is 6.92 Å². The molecule has 0 aliphatic rings. The molecule has 0 saturated heterocycles. The highest BCUT2D eigenvalue weighted by molar-refractivity contribution is 6.36. The lowest BCUT2D eigenvalue weighted by molar-refractivity contribution is 0.306. The Morgan fingerprint density at radius 2 is 1.62 bits per heavy atom. The van der Waals surface area contributed by atoms with Gasteiger partial charge < -0.3 is 9.15 Å². The summed E-state index contributed by atoms with van der Waals surface area (Å²) in [6, 6.07) is 17.8. The fraction of sp³-hybridized carbons (Fsp3) is 0.0870. The van der Waals surface area contributed by atoms with Crippen LogP contribution in [0.15, 0.2) is 69.9 Å². The molecule has 0 amide bonds. The molecule has 0 aliphatic carbocycles. The largest absolute Gasteiger partial charge is 0.489 e. The zero-order valence-corrected chi connectivity index (χ0v) is 17.6. The molecule has 0 saturated carbocycles. The number of hydrogen-bond acceptors (Lipinski definition) is 3. The predicted molar refractivity (Wildman–Crippen MR) is 118 cm³/mol. The Balaban J connectivity index is 1.69. The molecule has 4 aromatic rings. The zero-order valence-electron chi connectivity index (χ0n) is 15.3. The highest BCUT2D eigenvalue weighted by Gasteiger charge is 2.14. The maximum absolute atomic E-state index is 12.6. The molecule has 1 aromatic heterocycles. The number of fused-ring (bicyclic) bond motifs is 1. The Hall–Kier alpha value is -2.46. The van der Waals surface area contributed by atoms with Gasteiger partial charge in [-0.15, -0.1) is 0 Å². The quantitative estimate of drug-likeness (QED) is 0.309. The molecular formula is C23H15Cl3O3. The van der Waals surface area contributed by atoms with Crippen LogP contribution in [0.3, 0.4) is 0 Å². The van der Waals surface area contributed by atoms with Gasteiger partial charge in [-0.2, -0.15) is 0 Å². The Kier molecular flexibility index (Phi) is 5.55. The van der Waals surface area contributed by atoms with Crippen molar-refractivity contribution in [3.05, 3.63) is 97.3 Å². The average molecular weight is 446 g/mol. The van der Waals surface area contributed by atoms with Gasteiger partial charge in [0, 0.05) is 32.1 Å². The molecule has 1 heterocycles. The number of halogens is 3. The van der Waals surface area contributed by atoms with Crippen LogP contribution < -0.4 is 10.4 Å². The second-order valence-electron chi connectivity index (χ2n) is 6.54. The van der Waals surface area contributed by atoms with E-state index in [-0.39, 0.29) is 6.61 Å². The van der Waals surface area contributed by atoms with E-state index in [0.29, 0.717) is 37.5 Å². The minimum absolute atomic E-state index is 0.204. The number of rotatable bonds is 4. The van der Waals surface area contributed by atoms with Crippen LogP contribution in [0.25, 0.3) is 22.1 Å². The normalized spacial score (nSPS) is 11.0. The predicted octanol–water partition coefficient (Wildman–Crippen LogP) is 7.31. The molecule has 146 valence electrons. The van der Waals surface area contributed by atoms with Crippen molar-refractivity contribution in [3.63, 3.8) is 0 Å². The van der Waals surface area contributed by atoms with Crippen LogP contribution in [0.1, 0.15) is 11.1 Å². The smallest absolute Gasteiger partial charge is 0.344 e. The minimum Gasteiger partial charge on any atom is -0.489 e. The summed E-state index contributed by atoms with van der Waals surface area (Å²) in [4.78, 5) is 12.6. The summed E-state index contributed by atoms with van der Waals surface area (Å²) in [6.45, 7) is 2.10. The number of hydrogen-bond donors (Lipinski definition) is 0. The van der Waals surface area contributed by atoms with Crippen molar-refractivity contribution in [2.24, 2.45) is 0 Å². The summed E-state index contributed by atoms with van der Waals surface area (Å²) in [6.07, 6.45) is 0. The Morgan fingerprint density at radius 3 is 2.31 bits per heavy atom. The van der Waals surface area contributed by atoms with Crippen molar-refractivity contribution in [3.8, 4) is 16.9 Å². The number of aryl methyl sites for hydroxylation is 1.